The maximum Gasteiger partial charge on any atom is 0.256 e. The molecule has 3 amide bonds. The molecule has 146 valence electrons. The van der Waals surface area contributed by atoms with Crippen LogP contribution in [0.5, 0.6) is 5.75 Å². The topological polar surface area (TPSA) is 104 Å². The van der Waals surface area contributed by atoms with E-state index >= 15 is 0 Å². The minimum absolute atomic E-state index is 0.0179. The summed E-state index contributed by atoms with van der Waals surface area (Å²) in [5, 5.41) is 9.33. The van der Waals surface area contributed by atoms with E-state index < -0.39 is 28.1 Å². The second-order valence-electron chi connectivity index (χ2n) is 7.80. The van der Waals surface area contributed by atoms with Crippen LogP contribution in [0.3, 0.4) is 0 Å². The predicted molar refractivity (Wildman–Crippen MR) is 103 cm³/mol. The zero-order valence-electron chi connectivity index (χ0n) is 15.9. The van der Waals surface area contributed by atoms with Crippen LogP contribution in [0.15, 0.2) is 24.3 Å². The minimum atomic E-state index is -1.10. The second-order valence-corrected chi connectivity index (χ2v) is 9.60. The molecule has 3 N–H and O–H groups in total. The van der Waals surface area contributed by atoms with Crippen molar-refractivity contribution in [1.82, 2.24) is 9.80 Å². The number of phenolic OH excluding ortho intramolecular Hbond substituents is 1. The Morgan fingerprint density at radius 1 is 1.33 bits per heavy atom. The highest BCUT2D eigenvalue weighted by Gasteiger charge is 2.67. The van der Waals surface area contributed by atoms with Crippen molar-refractivity contribution in [3.63, 3.8) is 0 Å². The third-order valence-electron chi connectivity index (χ3n) is 5.75. The van der Waals surface area contributed by atoms with Gasteiger partial charge in [0, 0.05) is 11.8 Å². The highest BCUT2D eigenvalue weighted by Crippen LogP contribution is 2.56. The number of thioether (sulfide) groups is 1. The number of carbonyl (C=O) groups is 3. The number of carbonyl (C=O) groups excluding carboxylic acids is 3. The number of phenols is 1. The minimum Gasteiger partial charge on any atom is -0.508 e. The first-order valence-electron chi connectivity index (χ1n) is 8.84. The summed E-state index contributed by atoms with van der Waals surface area (Å²) in [6.07, 6.45) is 0.672. The van der Waals surface area contributed by atoms with Gasteiger partial charge >= 0.3 is 0 Å². The Hall–Kier alpha value is -2.06. The van der Waals surface area contributed by atoms with E-state index in [0.717, 1.165) is 10.5 Å². The number of nitrogens with zero attached hydrogens (tertiary/aromatic N) is 2. The van der Waals surface area contributed by atoms with Gasteiger partial charge in [0.15, 0.2) is 0 Å². The molecule has 0 radical (unpaired) electrons. The number of amides is 3. The van der Waals surface area contributed by atoms with Crippen molar-refractivity contribution in [1.29, 1.82) is 0 Å². The standard InChI is InChI=1S/C19H25N3O4S/c1-18(2)19(3,22-14(24)10-15(22)27-18)17(26)21(4)16(25)13(20)9-11-5-7-12(23)8-6-11/h5-8,13,15,23H,9-10,20H2,1-4H3/t13-,15+,19-/m0/s1. The van der Waals surface area contributed by atoms with Crippen LogP contribution in [0.2, 0.25) is 0 Å². The molecule has 0 spiro atoms. The molecule has 2 heterocycles. The maximum atomic E-state index is 13.3. The maximum absolute atomic E-state index is 13.3. The summed E-state index contributed by atoms with van der Waals surface area (Å²) in [4.78, 5) is 40.8. The number of benzene rings is 1. The normalized spacial score (nSPS) is 26.9. The highest BCUT2D eigenvalue weighted by molar-refractivity contribution is 8.01. The van der Waals surface area contributed by atoms with Gasteiger partial charge in [0.05, 0.1) is 17.8 Å². The molecule has 2 aliphatic rings. The van der Waals surface area contributed by atoms with Crippen LogP contribution in [0.25, 0.3) is 0 Å². The summed E-state index contributed by atoms with van der Waals surface area (Å²) in [7, 11) is 1.42. The van der Waals surface area contributed by atoms with Gasteiger partial charge in [-0.3, -0.25) is 19.3 Å². The van der Waals surface area contributed by atoms with Gasteiger partial charge in [0.25, 0.3) is 5.91 Å². The van der Waals surface area contributed by atoms with E-state index in [9.17, 15) is 19.5 Å². The van der Waals surface area contributed by atoms with Gasteiger partial charge in [0.2, 0.25) is 11.8 Å². The molecule has 3 atom stereocenters. The van der Waals surface area contributed by atoms with Crippen LogP contribution >= 0.6 is 11.8 Å². The molecule has 3 rings (SSSR count). The van der Waals surface area contributed by atoms with Gasteiger partial charge in [0.1, 0.15) is 11.3 Å². The summed E-state index contributed by atoms with van der Waals surface area (Å²) in [6.45, 7) is 5.58. The second kappa shape index (κ2) is 6.53. The van der Waals surface area contributed by atoms with E-state index in [-0.39, 0.29) is 23.5 Å². The van der Waals surface area contributed by atoms with Gasteiger partial charge in [-0.1, -0.05) is 12.1 Å². The van der Waals surface area contributed by atoms with Crippen molar-refractivity contribution >= 4 is 29.5 Å². The fourth-order valence-electron chi connectivity index (χ4n) is 3.77. The zero-order valence-corrected chi connectivity index (χ0v) is 16.7. The SMILES string of the molecule is CN(C(=O)[C@@H](N)Cc1ccc(O)cc1)C(=O)[C@]1(C)N2C(=O)C[C@H]2SC1(C)C. The number of fused-ring (bicyclic) bond motifs is 1. The van der Waals surface area contributed by atoms with Crippen LogP contribution in [-0.2, 0) is 20.8 Å². The molecule has 1 aromatic rings. The molecule has 2 saturated heterocycles. The summed E-state index contributed by atoms with van der Waals surface area (Å²) >= 11 is 1.59. The number of hydrogen-bond acceptors (Lipinski definition) is 6. The Balaban J connectivity index is 1.76. The number of β-lactam (4-membered cyclic amide) rings is 1. The predicted octanol–water partition coefficient (Wildman–Crippen LogP) is 1.09. The van der Waals surface area contributed by atoms with Crippen LogP contribution in [0.4, 0.5) is 0 Å². The van der Waals surface area contributed by atoms with Gasteiger partial charge in [-0.2, -0.15) is 0 Å². The summed E-state index contributed by atoms with van der Waals surface area (Å²) in [6, 6.07) is 5.52. The Morgan fingerprint density at radius 3 is 2.48 bits per heavy atom. The molecule has 2 aliphatic heterocycles. The lowest BCUT2D eigenvalue weighted by molar-refractivity contribution is -0.165. The molecular formula is C19H25N3O4S. The average molecular weight is 391 g/mol. The molecule has 8 heteroatoms. The fraction of sp³-hybridized carbons (Fsp3) is 0.526. The van der Waals surface area contributed by atoms with Gasteiger partial charge < -0.3 is 15.7 Å². The molecule has 0 aromatic heterocycles. The van der Waals surface area contributed by atoms with E-state index in [1.165, 1.54) is 19.2 Å². The fourth-order valence-corrected chi connectivity index (χ4v) is 5.53. The molecule has 0 bridgehead atoms. The molecule has 0 saturated carbocycles. The first-order valence-corrected chi connectivity index (χ1v) is 9.72. The summed E-state index contributed by atoms with van der Waals surface area (Å²) < 4.78 is -0.517. The Kier molecular flexibility index (Phi) is 4.76. The monoisotopic (exact) mass is 391 g/mol. The van der Waals surface area contributed by atoms with Crippen molar-refractivity contribution in [2.75, 3.05) is 7.05 Å². The smallest absolute Gasteiger partial charge is 0.256 e. The van der Waals surface area contributed by atoms with Crippen molar-refractivity contribution < 1.29 is 19.5 Å². The first-order chi connectivity index (χ1) is 12.5. The quantitative estimate of drug-likeness (QED) is 0.745. The van der Waals surface area contributed by atoms with E-state index in [2.05, 4.69) is 0 Å². The Labute approximate surface area is 162 Å². The average Bonchev–Trinajstić information content (AvgIpc) is 2.77. The van der Waals surface area contributed by atoms with Crippen molar-refractivity contribution in [2.24, 2.45) is 5.73 Å². The van der Waals surface area contributed by atoms with Gasteiger partial charge in [-0.05, 0) is 44.9 Å². The summed E-state index contributed by atoms with van der Waals surface area (Å²) in [5.74, 6) is -0.843. The van der Waals surface area contributed by atoms with Crippen LogP contribution < -0.4 is 5.73 Å². The molecular weight excluding hydrogens is 366 g/mol. The van der Waals surface area contributed by atoms with E-state index in [0.29, 0.717) is 6.42 Å². The molecule has 2 fully saturated rings. The van der Waals surface area contributed by atoms with Gasteiger partial charge in [-0.25, -0.2) is 0 Å². The lowest BCUT2D eigenvalue weighted by Crippen LogP contribution is -2.69. The third-order valence-corrected chi connectivity index (χ3v) is 7.39. The molecule has 27 heavy (non-hydrogen) atoms. The number of rotatable bonds is 4. The van der Waals surface area contributed by atoms with Crippen LogP contribution in [0, 0.1) is 0 Å². The van der Waals surface area contributed by atoms with Crippen molar-refractivity contribution in [2.45, 2.75) is 55.3 Å². The number of nitrogens with two attached hydrogens (primary N) is 1. The van der Waals surface area contributed by atoms with E-state index in [1.807, 2.05) is 13.8 Å². The van der Waals surface area contributed by atoms with Crippen molar-refractivity contribution in [3.8, 4) is 5.75 Å². The Bertz CT molecular complexity index is 795. The lowest BCUT2D eigenvalue weighted by atomic mass is 9.82. The zero-order chi connectivity index (χ0) is 20.1. The Morgan fingerprint density at radius 2 is 1.93 bits per heavy atom. The third kappa shape index (κ3) is 3.00. The largest absolute Gasteiger partial charge is 0.508 e. The van der Waals surface area contributed by atoms with Gasteiger partial charge in [-0.15, -0.1) is 11.8 Å². The number of imide groups is 1. The van der Waals surface area contributed by atoms with E-state index in [1.54, 1.807) is 35.7 Å². The lowest BCUT2D eigenvalue weighted by Gasteiger charge is -2.47. The number of hydrogen-bond donors (Lipinski definition) is 2. The molecule has 1 aromatic carbocycles. The van der Waals surface area contributed by atoms with Crippen LogP contribution in [-0.4, -0.2) is 61.4 Å². The van der Waals surface area contributed by atoms with Crippen molar-refractivity contribution in [3.05, 3.63) is 29.8 Å². The molecule has 0 unspecified atom stereocenters. The summed E-state index contributed by atoms with van der Waals surface area (Å²) in [5.41, 5.74) is 5.74. The molecule has 7 nitrogen and oxygen atoms in total. The number of aromatic hydroxyl groups is 1. The first kappa shape index (κ1) is 19.7. The van der Waals surface area contributed by atoms with Crippen LogP contribution in [0.1, 0.15) is 32.8 Å². The van der Waals surface area contributed by atoms with E-state index in [4.69, 9.17) is 5.73 Å². The molecule has 0 aliphatic carbocycles. The number of likely N-dealkylation sites (N-methyl/N-ethyl adjacent to an activating group) is 1. The highest BCUT2D eigenvalue weighted by atomic mass is 32.2.